The summed E-state index contributed by atoms with van der Waals surface area (Å²) in [5.74, 6) is 0.466. The topological polar surface area (TPSA) is 90.3 Å². The van der Waals surface area contributed by atoms with Gasteiger partial charge in [0.05, 0.1) is 11.5 Å². The first-order valence-corrected chi connectivity index (χ1v) is 14.3. The molecule has 4 N–H and O–H groups in total. The number of aliphatic hydroxyl groups is 2. The zero-order valence-corrected chi connectivity index (χ0v) is 23.1. The molecule has 0 radical (unpaired) electrons. The monoisotopic (exact) mass is 618 g/mol. The number of nitrogens with two attached hydrogens (primary N) is 1. The Morgan fingerprint density at radius 1 is 0.882 bits per heavy atom. The molecule has 0 aliphatic heterocycles. The molecule has 4 aromatic rings. The number of benzene rings is 2. The summed E-state index contributed by atoms with van der Waals surface area (Å²) in [4.78, 5) is 2.42. The first-order valence-electron chi connectivity index (χ1n) is 11.1. The third-order valence-corrected chi connectivity index (χ3v) is 10.8. The quantitative estimate of drug-likeness (QED) is 0.244. The molecule has 6 rings (SSSR count). The number of fused-ring (bicyclic) bond motifs is 2. The Bertz CT molecular complexity index is 1410. The van der Waals surface area contributed by atoms with E-state index in [-0.39, 0.29) is 24.5 Å². The van der Waals surface area contributed by atoms with Crippen molar-refractivity contribution in [3.8, 4) is 6.07 Å². The molecule has 0 amide bonds. The second-order valence-corrected chi connectivity index (χ2v) is 13.2. The molecule has 2 saturated carbocycles. The number of aliphatic hydroxyl groups excluding tert-OH is 2. The summed E-state index contributed by atoms with van der Waals surface area (Å²) in [7, 11) is 0. The standard InChI is InChI=1S/C13H14BrNOS.C13H10BrNOS/c2*14-10-1-2-11-8(3-10)4-12(17-11)13(7-15)5-9(13)6-16/h1-4,9,16H,5-7,15H2;1-4,9,16H,5-6H2. The number of hydrogen-bond acceptors (Lipinski definition) is 6. The van der Waals surface area contributed by atoms with Crippen LogP contribution in [0.5, 0.6) is 0 Å². The van der Waals surface area contributed by atoms with E-state index < -0.39 is 5.41 Å². The molecule has 2 aromatic carbocycles. The Kier molecular flexibility index (Phi) is 6.66. The van der Waals surface area contributed by atoms with Crippen molar-refractivity contribution in [1.82, 2.24) is 0 Å². The van der Waals surface area contributed by atoms with Crippen LogP contribution in [0.4, 0.5) is 0 Å². The smallest absolute Gasteiger partial charge is 0.0969 e. The van der Waals surface area contributed by atoms with Crippen LogP contribution in [0.25, 0.3) is 20.2 Å². The predicted molar refractivity (Wildman–Crippen MR) is 147 cm³/mol. The second kappa shape index (κ2) is 9.29. The van der Waals surface area contributed by atoms with Crippen molar-refractivity contribution in [2.45, 2.75) is 23.7 Å². The third kappa shape index (κ3) is 4.16. The van der Waals surface area contributed by atoms with Crippen LogP contribution in [0.1, 0.15) is 22.6 Å². The van der Waals surface area contributed by atoms with Crippen molar-refractivity contribution >= 4 is 74.7 Å². The van der Waals surface area contributed by atoms with Crippen LogP contribution >= 0.6 is 54.5 Å². The van der Waals surface area contributed by atoms with Gasteiger partial charge in [0.25, 0.3) is 0 Å². The normalized spacial score (nSPS) is 27.3. The van der Waals surface area contributed by atoms with E-state index in [1.54, 1.807) is 11.3 Å². The first-order chi connectivity index (χ1) is 16.4. The van der Waals surface area contributed by atoms with E-state index in [2.05, 4.69) is 80.4 Å². The van der Waals surface area contributed by atoms with Crippen molar-refractivity contribution in [3.05, 3.63) is 67.2 Å². The minimum absolute atomic E-state index is 0.0465. The Morgan fingerprint density at radius 2 is 1.44 bits per heavy atom. The number of hydrogen-bond donors (Lipinski definition) is 3. The van der Waals surface area contributed by atoms with Crippen molar-refractivity contribution in [1.29, 1.82) is 5.26 Å². The van der Waals surface area contributed by atoms with Gasteiger partial charge in [0.1, 0.15) is 0 Å². The molecule has 0 bridgehead atoms. The van der Waals surface area contributed by atoms with Gasteiger partial charge in [-0.25, -0.2) is 0 Å². The second-order valence-electron chi connectivity index (χ2n) is 9.20. The minimum atomic E-state index is -0.426. The summed E-state index contributed by atoms with van der Waals surface area (Å²) in [6.07, 6.45) is 1.81. The van der Waals surface area contributed by atoms with Crippen molar-refractivity contribution < 1.29 is 10.2 Å². The van der Waals surface area contributed by atoms with Crippen LogP contribution in [-0.2, 0) is 10.8 Å². The van der Waals surface area contributed by atoms with Gasteiger partial charge in [0.2, 0.25) is 0 Å². The highest BCUT2D eigenvalue weighted by atomic mass is 79.9. The van der Waals surface area contributed by atoms with Gasteiger partial charge in [-0.1, -0.05) is 31.9 Å². The lowest BCUT2D eigenvalue weighted by atomic mass is 10.0. The molecule has 2 aliphatic rings. The zero-order chi connectivity index (χ0) is 24.1. The lowest BCUT2D eigenvalue weighted by Crippen LogP contribution is -2.22. The SMILES string of the molecule is N#CC1(c2cc3cc(Br)ccc3s2)CC1CO.NCC1(c2cc3cc(Br)ccc3s2)CC1CO. The van der Waals surface area contributed by atoms with Gasteiger partial charge in [0, 0.05) is 59.2 Å². The van der Waals surface area contributed by atoms with Gasteiger partial charge in [-0.15, -0.1) is 22.7 Å². The minimum Gasteiger partial charge on any atom is -0.396 e. The molecule has 4 unspecified atom stereocenters. The Morgan fingerprint density at radius 3 is 1.91 bits per heavy atom. The summed E-state index contributed by atoms with van der Waals surface area (Å²) in [5.41, 5.74) is 5.53. The molecule has 0 spiro atoms. The summed E-state index contributed by atoms with van der Waals surface area (Å²) >= 11 is 10.4. The van der Waals surface area contributed by atoms with E-state index in [0.717, 1.165) is 32.1 Å². The molecule has 34 heavy (non-hydrogen) atoms. The van der Waals surface area contributed by atoms with E-state index in [4.69, 9.17) is 5.73 Å². The van der Waals surface area contributed by atoms with Crippen molar-refractivity contribution in [2.75, 3.05) is 19.8 Å². The molecule has 4 atom stereocenters. The average Bonchev–Trinajstić information content (AvgIpc) is 3.66. The number of rotatable bonds is 5. The number of nitriles is 1. The van der Waals surface area contributed by atoms with Crippen molar-refractivity contribution in [2.24, 2.45) is 17.6 Å². The molecular weight excluding hydrogens is 596 g/mol. The number of halogens is 2. The molecule has 2 aliphatic carbocycles. The molecule has 8 heteroatoms. The van der Waals surface area contributed by atoms with Crippen LogP contribution in [-0.4, -0.2) is 30.0 Å². The number of nitrogens with zero attached hydrogens (tertiary/aromatic N) is 1. The average molecular weight is 620 g/mol. The van der Waals surface area contributed by atoms with Gasteiger partial charge in [-0.3, -0.25) is 0 Å². The van der Waals surface area contributed by atoms with E-state index >= 15 is 0 Å². The lowest BCUT2D eigenvalue weighted by Gasteiger charge is -2.11. The highest BCUT2D eigenvalue weighted by Crippen LogP contribution is 2.57. The van der Waals surface area contributed by atoms with Crippen LogP contribution in [0.2, 0.25) is 0 Å². The molecule has 2 heterocycles. The van der Waals surface area contributed by atoms with Crippen LogP contribution in [0, 0.1) is 23.2 Å². The predicted octanol–water partition coefficient (Wildman–Crippen LogP) is 6.31. The fourth-order valence-corrected chi connectivity index (χ4v) is 8.17. The Hall–Kier alpha value is -1.31. The molecule has 4 nitrogen and oxygen atoms in total. The maximum Gasteiger partial charge on any atom is 0.0969 e. The highest BCUT2D eigenvalue weighted by Gasteiger charge is 2.57. The van der Waals surface area contributed by atoms with Gasteiger partial charge >= 0.3 is 0 Å². The van der Waals surface area contributed by atoms with Crippen LogP contribution in [0.15, 0.2) is 57.5 Å². The molecule has 0 saturated heterocycles. The molecule has 2 aromatic heterocycles. The lowest BCUT2D eigenvalue weighted by molar-refractivity contribution is 0.264. The van der Waals surface area contributed by atoms with Gasteiger partial charge in [-0.05, 0) is 78.1 Å². The van der Waals surface area contributed by atoms with E-state index in [0.29, 0.717) is 12.5 Å². The maximum atomic E-state index is 9.33. The van der Waals surface area contributed by atoms with E-state index in [1.165, 1.54) is 19.7 Å². The Labute approximate surface area is 223 Å². The largest absolute Gasteiger partial charge is 0.396 e. The molecular formula is C26H24Br2N2O2S2. The Balaban J connectivity index is 0.000000142. The highest BCUT2D eigenvalue weighted by molar-refractivity contribution is 9.10. The maximum absolute atomic E-state index is 9.33. The zero-order valence-electron chi connectivity index (χ0n) is 18.3. The van der Waals surface area contributed by atoms with Gasteiger partial charge in [-0.2, -0.15) is 5.26 Å². The molecule has 176 valence electrons. The van der Waals surface area contributed by atoms with Gasteiger partial charge in [0.15, 0.2) is 0 Å². The summed E-state index contributed by atoms with van der Waals surface area (Å²) in [5, 5.41) is 30.2. The summed E-state index contributed by atoms with van der Waals surface area (Å²) < 4.78 is 4.64. The fraction of sp³-hybridized carbons (Fsp3) is 0.346. The van der Waals surface area contributed by atoms with Crippen LogP contribution in [0.3, 0.4) is 0 Å². The molecule has 2 fully saturated rings. The third-order valence-electron chi connectivity index (χ3n) is 7.23. The van der Waals surface area contributed by atoms with Crippen molar-refractivity contribution in [3.63, 3.8) is 0 Å². The summed E-state index contributed by atoms with van der Waals surface area (Å²) in [6.45, 7) is 0.979. The van der Waals surface area contributed by atoms with E-state index in [1.807, 2.05) is 17.4 Å². The van der Waals surface area contributed by atoms with E-state index in [9.17, 15) is 15.5 Å². The van der Waals surface area contributed by atoms with Crippen LogP contribution < -0.4 is 5.73 Å². The fourth-order valence-electron chi connectivity index (χ4n) is 4.81. The van der Waals surface area contributed by atoms with Gasteiger partial charge < -0.3 is 15.9 Å². The first kappa shape index (κ1) is 24.4. The summed E-state index contributed by atoms with van der Waals surface area (Å²) in [6, 6.07) is 19.2. The number of thiophene rings is 2.